The highest BCUT2D eigenvalue weighted by Gasteiger charge is 2.35. The quantitative estimate of drug-likeness (QED) is 0.640. The van der Waals surface area contributed by atoms with Crippen LogP contribution in [-0.2, 0) is 10.2 Å². The number of likely N-dealkylation sites (N-methyl/N-ethyl adjacent to an activating group) is 1. The molecule has 1 aromatic carbocycles. The van der Waals surface area contributed by atoms with Crippen molar-refractivity contribution in [3.8, 4) is 0 Å². The standard InChI is InChI=1S/C23H31N5O3S2/c1-18-6-7-21(19(2)17-18)32-22-20(5-4-8-24-22)23(29)26-11-15-28(16-12-26)33(30,31)27-13-9-25(3)10-14-27/h4-8,17H,9-16H2,1-3H3. The van der Waals surface area contributed by atoms with Gasteiger partial charge in [-0.2, -0.15) is 17.0 Å². The first-order valence-corrected chi connectivity index (χ1v) is 13.4. The highest BCUT2D eigenvalue weighted by atomic mass is 32.2. The first-order chi connectivity index (χ1) is 15.8. The van der Waals surface area contributed by atoms with E-state index in [-0.39, 0.29) is 5.91 Å². The number of hydrogen-bond acceptors (Lipinski definition) is 6. The number of nitrogens with zero attached hydrogens (tertiary/aromatic N) is 5. The summed E-state index contributed by atoms with van der Waals surface area (Å²) in [4.78, 5) is 22.7. The molecule has 0 radical (unpaired) electrons. The number of hydrogen-bond donors (Lipinski definition) is 0. The van der Waals surface area contributed by atoms with Gasteiger partial charge in [0.15, 0.2) is 0 Å². The second-order valence-corrected chi connectivity index (χ2v) is 11.6. The fourth-order valence-electron chi connectivity index (χ4n) is 4.13. The second kappa shape index (κ2) is 10.1. The van der Waals surface area contributed by atoms with Gasteiger partial charge in [-0.1, -0.05) is 29.5 Å². The van der Waals surface area contributed by atoms with Crippen LogP contribution in [-0.4, -0.2) is 97.1 Å². The van der Waals surface area contributed by atoms with Crippen LogP contribution in [0.3, 0.4) is 0 Å². The van der Waals surface area contributed by atoms with E-state index in [1.807, 2.05) is 7.05 Å². The highest BCUT2D eigenvalue weighted by Crippen LogP contribution is 2.32. The van der Waals surface area contributed by atoms with Crippen molar-refractivity contribution in [2.24, 2.45) is 0 Å². The van der Waals surface area contributed by atoms with Crippen molar-refractivity contribution in [3.05, 3.63) is 53.2 Å². The molecule has 0 aliphatic carbocycles. The lowest BCUT2D eigenvalue weighted by molar-refractivity contribution is 0.0688. The third-order valence-corrected chi connectivity index (χ3v) is 9.41. The summed E-state index contributed by atoms with van der Waals surface area (Å²) < 4.78 is 29.1. The molecule has 10 heteroatoms. The minimum atomic E-state index is -3.49. The Labute approximate surface area is 200 Å². The molecule has 3 heterocycles. The van der Waals surface area contributed by atoms with Gasteiger partial charge in [-0.3, -0.25) is 4.79 Å². The molecule has 2 aromatic rings. The number of aryl methyl sites for hydroxylation is 2. The van der Waals surface area contributed by atoms with Crippen LogP contribution < -0.4 is 0 Å². The van der Waals surface area contributed by atoms with Gasteiger partial charge in [-0.25, -0.2) is 4.98 Å². The number of aromatic nitrogens is 1. The SMILES string of the molecule is Cc1ccc(Sc2ncccc2C(=O)N2CCN(S(=O)(=O)N3CCN(C)CC3)CC2)c(C)c1. The van der Waals surface area contributed by atoms with Crippen LogP contribution in [0.4, 0.5) is 0 Å². The molecule has 1 aromatic heterocycles. The molecule has 0 bridgehead atoms. The van der Waals surface area contributed by atoms with Crippen LogP contribution in [0.5, 0.6) is 0 Å². The predicted octanol–water partition coefficient (Wildman–Crippen LogP) is 2.10. The Morgan fingerprint density at radius 1 is 0.939 bits per heavy atom. The Kier molecular flexibility index (Phi) is 7.40. The molecule has 4 rings (SSSR count). The highest BCUT2D eigenvalue weighted by molar-refractivity contribution is 7.99. The zero-order chi connectivity index (χ0) is 23.6. The van der Waals surface area contributed by atoms with Gasteiger partial charge >= 0.3 is 0 Å². The molecule has 33 heavy (non-hydrogen) atoms. The molecule has 2 aliphatic rings. The van der Waals surface area contributed by atoms with Crippen molar-refractivity contribution in [3.63, 3.8) is 0 Å². The summed E-state index contributed by atoms with van der Waals surface area (Å²) in [6.45, 7) is 7.95. The summed E-state index contributed by atoms with van der Waals surface area (Å²) in [5.41, 5.74) is 2.89. The fourth-order valence-corrected chi connectivity index (χ4v) is 6.65. The van der Waals surface area contributed by atoms with Crippen LogP contribution in [0.15, 0.2) is 46.5 Å². The Morgan fingerprint density at radius 3 is 2.21 bits per heavy atom. The van der Waals surface area contributed by atoms with Crippen molar-refractivity contribution in [2.45, 2.75) is 23.8 Å². The number of carbonyl (C=O) groups excluding carboxylic acids is 1. The lowest BCUT2D eigenvalue weighted by Crippen LogP contribution is -2.57. The largest absolute Gasteiger partial charge is 0.336 e. The van der Waals surface area contributed by atoms with E-state index in [9.17, 15) is 13.2 Å². The first-order valence-electron chi connectivity index (χ1n) is 11.2. The zero-order valence-electron chi connectivity index (χ0n) is 19.4. The molecular weight excluding hydrogens is 458 g/mol. The summed E-state index contributed by atoms with van der Waals surface area (Å²) in [5.74, 6) is -0.105. The molecular formula is C23H31N5O3S2. The van der Waals surface area contributed by atoms with E-state index in [0.29, 0.717) is 49.9 Å². The Hall–Kier alpha value is -1.98. The summed E-state index contributed by atoms with van der Waals surface area (Å²) in [6.07, 6.45) is 1.70. The van der Waals surface area contributed by atoms with E-state index in [1.54, 1.807) is 27.5 Å². The van der Waals surface area contributed by atoms with E-state index >= 15 is 0 Å². The van der Waals surface area contributed by atoms with Crippen molar-refractivity contribution >= 4 is 27.9 Å². The molecule has 0 N–H and O–H groups in total. The summed E-state index contributed by atoms with van der Waals surface area (Å²) >= 11 is 1.49. The van der Waals surface area contributed by atoms with Crippen LogP contribution in [0.25, 0.3) is 0 Å². The Bertz CT molecular complexity index is 1110. The van der Waals surface area contributed by atoms with E-state index in [2.05, 4.69) is 41.9 Å². The topological polar surface area (TPSA) is 77.1 Å². The van der Waals surface area contributed by atoms with Crippen LogP contribution in [0, 0.1) is 13.8 Å². The van der Waals surface area contributed by atoms with E-state index in [0.717, 1.165) is 23.5 Å². The summed E-state index contributed by atoms with van der Waals surface area (Å²) in [6, 6.07) is 9.80. The third kappa shape index (κ3) is 5.41. The van der Waals surface area contributed by atoms with Gasteiger partial charge in [0.05, 0.1) is 5.56 Å². The molecule has 0 saturated carbocycles. The summed E-state index contributed by atoms with van der Waals surface area (Å²) in [7, 11) is -1.49. The fraction of sp³-hybridized carbons (Fsp3) is 0.478. The van der Waals surface area contributed by atoms with E-state index in [4.69, 9.17) is 0 Å². The number of benzene rings is 1. The third-order valence-electron chi connectivity index (χ3n) is 6.18. The van der Waals surface area contributed by atoms with Crippen LogP contribution in [0.2, 0.25) is 0 Å². The smallest absolute Gasteiger partial charge is 0.282 e. The molecule has 0 atom stereocenters. The van der Waals surface area contributed by atoms with Gasteiger partial charge in [0.25, 0.3) is 16.1 Å². The molecule has 2 fully saturated rings. The average Bonchev–Trinajstić information content (AvgIpc) is 2.81. The molecule has 2 saturated heterocycles. The maximum Gasteiger partial charge on any atom is 0.282 e. The molecule has 0 spiro atoms. The molecule has 2 aliphatic heterocycles. The number of carbonyl (C=O) groups is 1. The normalized spacial score (nSPS) is 19.1. The van der Waals surface area contributed by atoms with Crippen molar-refractivity contribution in [1.82, 2.24) is 23.4 Å². The van der Waals surface area contributed by atoms with Gasteiger partial charge < -0.3 is 9.80 Å². The summed E-state index contributed by atoms with van der Waals surface area (Å²) in [5, 5.41) is 0.668. The van der Waals surface area contributed by atoms with Gasteiger partial charge in [-0.05, 0) is 44.7 Å². The van der Waals surface area contributed by atoms with Crippen LogP contribution in [0.1, 0.15) is 21.5 Å². The maximum atomic E-state index is 13.3. The Balaban J connectivity index is 1.43. The number of pyridine rings is 1. The predicted molar refractivity (Wildman–Crippen MR) is 130 cm³/mol. The van der Waals surface area contributed by atoms with Crippen molar-refractivity contribution < 1.29 is 13.2 Å². The molecule has 178 valence electrons. The Morgan fingerprint density at radius 2 is 1.58 bits per heavy atom. The maximum absolute atomic E-state index is 13.3. The van der Waals surface area contributed by atoms with Gasteiger partial charge in [-0.15, -0.1) is 0 Å². The second-order valence-electron chi connectivity index (χ2n) is 8.63. The molecule has 1 amide bonds. The van der Waals surface area contributed by atoms with Gasteiger partial charge in [0, 0.05) is 63.5 Å². The first kappa shape index (κ1) is 24.2. The van der Waals surface area contributed by atoms with Gasteiger partial charge in [0.1, 0.15) is 5.03 Å². The number of amides is 1. The van der Waals surface area contributed by atoms with Crippen molar-refractivity contribution in [1.29, 1.82) is 0 Å². The number of piperazine rings is 2. The van der Waals surface area contributed by atoms with Crippen molar-refractivity contribution in [2.75, 3.05) is 59.4 Å². The molecule has 0 unspecified atom stereocenters. The van der Waals surface area contributed by atoms with Crippen LogP contribution >= 0.6 is 11.8 Å². The monoisotopic (exact) mass is 489 g/mol. The lowest BCUT2D eigenvalue weighted by Gasteiger charge is -2.39. The minimum absolute atomic E-state index is 0.105. The lowest BCUT2D eigenvalue weighted by atomic mass is 10.2. The van der Waals surface area contributed by atoms with E-state index in [1.165, 1.54) is 21.6 Å². The number of rotatable bonds is 5. The minimum Gasteiger partial charge on any atom is -0.336 e. The van der Waals surface area contributed by atoms with E-state index < -0.39 is 10.2 Å². The average molecular weight is 490 g/mol. The molecule has 8 nitrogen and oxygen atoms in total. The van der Waals surface area contributed by atoms with Gasteiger partial charge in [0.2, 0.25) is 0 Å². The zero-order valence-corrected chi connectivity index (χ0v) is 21.0.